The lowest BCUT2D eigenvalue weighted by Crippen LogP contribution is -2.20. The van der Waals surface area contributed by atoms with Crippen molar-refractivity contribution >= 4 is 23.3 Å². The SMILES string of the molecule is Cc1nnc(NC(=O)c2cc(C3CC3NCC3CC3)c(C)s2)o1. The van der Waals surface area contributed by atoms with E-state index in [2.05, 4.69) is 27.8 Å². The Bertz CT molecular complexity index is 734. The molecule has 1 amide bonds. The number of nitrogens with zero attached hydrogens (tertiary/aromatic N) is 2. The third-order valence-electron chi connectivity index (χ3n) is 4.48. The van der Waals surface area contributed by atoms with E-state index in [0.717, 1.165) is 12.5 Å². The largest absolute Gasteiger partial charge is 0.408 e. The zero-order valence-electron chi connectivity index (χ0n) is 13.3. The van der Waals surface area contributed by atoms with Crippen LogP contribution in [0.25, 0.3) is 0 Å². The van der Waals surface area contributed by atoms with Gasteiger partial charge in [0, 0.05) is 23.8 Å². The Morgan fingerprint density at radius 3 is 2.91 bits per heavy atom. The van der Waals surface area contributed by atoms with Gasteiger partial charge in [-0.05, 0) is 50.3 Å². The number of hydrogen-bond acceptors (Lipinski definition) is 6. The van der Waals surface area contributed by atoms with Crippen molar-refractivity contribution in [2.24, 2.45) is 5.92 Å². The topological polar surface area (TPSA) is 80.0 Å². The fourth-order valence-corrected chi connectivity index (χ4v) is 3.87. The molecule has 0 aromatic carbocycles. The minimum Gasteiger partial charge on any atom is -0.408 e. The van der Waals surface area contributed by atoms with Gasteiger partial charge < -0.3 is 9.73 Å². The molecular formula is C16H20N4O2S. The van der Waals surface area contributed by atoms with Crippen molar-refractivity contribution in [3.63, 3.8) is 0 Å². The molecular weight excluding hydrogens is 312 g/mol. The second-order valence-corrected chi connectivity index (χ2v) is 7.76. The van der Waals surface area contributed by atoms with Crippen LogP contribution < -0.4 is 10.6 Å². The molecule has 0 saturated heterocycles. The first-order chi connectivity index (χ1) is 11.1. The Kier molecular flexibility index (Phi) is 3.69. The van der Waals surface area contributed by atoms with E-state index in [1.165, 1.54) is 41.0 Å². The number of aromatic nitrogens is 2. The van der Waals surface area contributed by atoms with Crippen LogP contribution in [0.3, 0.4) is 0 Å². The molecule has 7 heteroatoms. The van der Waals surface area contributed by atoms with Crippen LogP contribution in [0.15, 0.2) is 10.5 Å². The number of thiophene rings is 1. The summed E-state index contributed by atoms with van der Waals surface area (Å²) < 4.78 is 5.19. The lowest BCUT2D eigenvalue weighted by atomic mass is 10.1. The molecule has 0 radical (unpaired) electrons. The molecule has 2 aromatic heterocycles. The average molecular weight is 332 g/mol. The smallest absolute Gasteiger partial charge is 0.322 e. The quantitative estimate of drug-likeness (QED) is 0.850. The molecule has 2 unspecified atom stereocenters. The lowest BCUT2D eigenvalue weighted by molar-refractivity contribution is 0.102. The monoisotopic (exact) mass is 332 g/mol. The van der Waals surface area contributed by atoms with E-state index in [0.29, 0.717) is 22.7 Å². The first-order valence-electron chi connectivity index (χ1n) is 8.05. The molecule has 2 saturated carbocycles. The van der Waals surface area contributed by atoms with Crippen LogP contribution in [0.1, 0.15) is 51.2 Å². The van der Waals surface area contributed by atoms with Crippen molar-refractivity contribution < 1.29 is 9.21 Å². The van der Waals surface area contributed by atoms with Gasteiger partial charge in [-0.3, -0.25) is 10.1 Å². The molecule has 2 aliphatic rings. The van der Waals surface area contributed by atoms with Crippen molar-refractivity contribution in [3.05, 3.63) is 27.3 Å². The van der Waals surface area contributed by atoms with Crippen LogP contribution in [0.2, 0.25) is 0 Å². The Balaban J connectivity index is 1.39. The molecule has 0 spiro atoms. The number of hydrogen-bond donors (Lipinski definition) is 2. The lowest BCUT2D eigenvalue weighted by Gasteiger charge is -2.02. The Hall–Kier alpha value is -1.73. The number of anilines is 1. The molecule has 2 aliphatic carbocycles. The van der Waals surface area contributed by atoms with Crippen molar-refractivity contribution in [2.75, 3.05) is 11.9 Å². The number of carbonyl (C=O) groups is 1. The van der Waals surface area contributed by atoms with E-state index in [-0.39, 0.29) is 11.9 Å². The predicted octanol–water partition coefficient (Wildman–Crippen LogP) is 2.86. The highest BCUT2D eigenvalue weighted by atomic mass is 32.1. The predicted molar refractivity (Wildman–Crippen MR) is 87.9 cm³/mol. The first kappa shape index (κ1) is 14.8. The number of amides is 1. The molecule has 2 N–H and O–H groups in total. The maximum atomic E-state index is 12.3. The summed E-state index contributed by atoms with van der Waals surface area (Å²) in [7, 11) is 0. The van der Waals surface area contributed by atoms with E-state index in [9.17, 15) is 4.79 Å². The highest BCUT2D eigenvalue weighted by molar-refractivity contribution is 7.14. The van der Waals surface area contributed by atoms with E-state index < -0.39 is 0 Å². The van der Waals surface area contributed by atoms with Crippen molar-refractivity contribution in [2.45, 2.75) is 45.1 Å². The van der Waals surface area contributed by atoms with E-state index in [1.807, 2.05) is 6.07 Å². The summed E-state index contributed by atoms with van der Waals surface area (Å²) in [5.41, 5.74) is 1.30. The second kappa shape index (κ2) is 5.72. The molecule has 2 aromatic rings. The molecule has 6 nitrogen and oxygen atoms in total. The Morgan fingerprint density at radius 2 is 2.22 bits per heavy atom. The van der Waals surface area contributed by atoms with Crippen molar-refractivity contribution in [3.8, 4) is 0 Å². The van der Waals surface area contributed by atoms with E-state index in [1.54, 1.807) is 6.92 Å². The zero-order valence-corrected chi connectivity index (χ0v) is 14.1. The minimum absolute atomic E-state index is 0.149. The molecule has 2 fully saturated rings. The minimum atomic E-state index is -0.184. The number of nitrogens with one attached hydrogen (secondary N) is 2. The van der Waals surface area contributed by atoms with Gasteiger partial charge in [-0.25, -0.2) is 0 Å². The summed E-state index contributed by atoms with van der Waals surface area (Å²) in [5, 5.41) is 13.8. The Labute approximate surface area is 138 Å². The summed E-state index contributed by atoms with van der Waals surface area (Å²) in [6.07, 6.45) is 3.93. The van der Waals surface area contributed by atoms with E-state index in [4.69, 9.17) is 4.42 Å². The molecule has 2 heterocycles. The van der Waals surface area contributed by atoms with Gasteiger partial charge in [-0.2, -0.15) is 0 Å². The van der Waals surface area contributed by atoms with E-state index >= 15 is 0 Å². The van der Waals surface area contributed by atoms with Gasteiger partial charge in [0.15, 0.2) is 0 Å². The molecule has 122 valence electrons. The van der Waals surface area contributed by atoms with Crippen molar-refractivity contribution in [1.29, 1.82) is 0 Å². The maximum Gasteiger partial charge on any atom is 0.322 e. The third-order valence-corrected chi connectivity index (χ3v) is 5.55. The van der Waals surface area contributed by atoms with Crippen LogP contribution in [0, 0.1) is 19.8 Å². The van der Waals surface area contributed by atoms with Crippen LogP contribution in [-0.4, -0.2) is 28.7 Å². The summed E-state index contributed by atoms with van der Waals surface area (Å²) >= 11 is 1.53. The average Bonchev–Trinajstić information content (AvgIpc) is 3.41. The fourth-order valence-electron chi connectivity index (χ4n) is 2.89. The Morgan fingerprint density at radius 1 is 1.39 bits per heavy atom. The standard InChI is InChI=1S/C16H20N4O2S/c1-8-11(12-5-13(12)17-7-10-3-4-10)6-14(23-8)15(21)18-16-20-19-9(2)22-16/h6,10,12-13,17H,3-5,7H2,1-2H3,(H,18,20,21). The number of aryl methyl sites for hydroxylation is 2. The third kappa shape index (κ3) is 3.30. The zero-order chi connectivity index (χ0) is 16.0. The summed E-state index contributed by atoms with van der Waals surface area (Å²) in [5.74, 6) is 1.71. The van der Waals surface area contributed by atoms with Gasteiger partial charge in [0.1, 0.15) is 0 Å². The van der Waals surface area contributed by atoms with Gasteiger partial charge in [0.05, 0.1) is 4.88 Å². The van der Waals surface area contributed by atoms with Crippen molar-refractivity contribution in [1.82, 2.24) is 15.5 Å². The normalized spacial score (nSPS) is 23.0. The molecule has 23 heavy (non-hydrogen) atoms. The fraction of sp³-hybridized carbons (Fsp3) is 0.562. The maximum absolute atomic E-state index is 12.3. The van der Waals surface area contributed by atoms with Crippen LogP contribution in [0.4, 0.5) is 6.01 Å². The van der Waals surface area contributed by atoms with Gasteiger partial charge in [0.25, 0.3) is 5.91 Å². The highest BCUT2D eigenvalue weighted by Crippen LogP contribution is 2.45. The molecule has 0 bridgehead atoms. The van der Waals surface area contributed by atoms with Gasteiger partial charge in [-0.15, -0.1) is 16.4 Å². The summed E-state index contributed by atoms with van der Waals surface area (Å²) in [4.78, 5) is 14.2. The highest BCUT2D eigenvalue weighted by Gasteiger charge is 2.40. The molecule has 0 aliphatic heterocycles. The summed E-state index contributed by atoms with van der Waals surface area (Å²) in [6, 6.07) is 2.75. The second-order valence-electron chi connectivity index (χ2n) is 6.50. The number of carbonyl (C=O) groups excluding carboxylic acids is 1. The molecule has 2 atom stereocenters. The first-order valence-corrected chi connectivity index (χ1v) is 8.87. The van der Waals surface area contributed by atoms with Crippen LogP contribution >= 0.6 is 11.3 Å². The van der Waals surface area contributed by atoms with Gasteiger partial charge in [-0.1, -0.05) is 5.10 Å². The van der Waals surface area contributed by atoms with Crippen LogP contribution in [-0.2, 0) is 0 Å². The van der Waals surface area contributed by atoms with Crippen LogP contribution in [0.5, 0.6) is 0 Å². The molecule has 4 rings (SSSR count). The number of rotatable bonds is 6. The van der Waals surface area contributed by atoms with Gasteiger partial charge in [0.2, 0.25) is 5.89 Å². The van der Waals surface area contributed by atoms with Gasteiger partial charge >= 0.3 is 6.01 Å². The summed E-state index contributed by atoms with van der Waals surface area (Å²) in [6.45, 7) is 4.93.